The minimum atomic E-state index is -0.778. The minimum absolute atomic E-state index is 0.0122. The van der Waals surface area contributed by atoms with Crippen molar-refractivity contribution in [2.45, 2.75) is 12.5 Å². The molecular formula is C19H20F2N8O. The van der Waals surface area contributed by atoms with E-state index in [1.807, 2.05) is 17.8 Å². The molecule has 30 heavy (non-hydrogen) atoms. The first kappa shape index (κ1) is 19.8. The van der Waals surface area contributed by atoms with Crippen LogP contribution in [0.1, 0.15) is 23.1 Å². The fourth-order valence-corrected chi connectivity index (χ4v) is 3.20. The number of hydrogen-bond donors (Lipinski definition) is 1. The van der Waals surface area contributed by atoms with Crippen LogP contribution in [0.15, 0.2) is 31.0 Å². The van der Waals surface area contributed by atoms with Crippen LogP contribution in [-0.4, -0.2) is 48.0 Å². The third-order valence-corrected chi connectivity index (χ3v) is 4.58. The van der Waals surface area contributed by atoms with E-state index in [0.29, 0.717) is 12.1 Å². The zero-order valence-electron chi connectivity index (χ0n) is 16.7. The number of aryl methyl sites for hydroxylation is 2. The summed E-state index contributed by atoms with van der Waals surface area (Å²) in [5.74, 6) is -1.28. The van der Waals surface area contributed by atoms with Gasteiger partial charge in [-0.3, -0.25) is 9.67 Å². The molecule has 0 aliphatic rings. The van der Waals surface area contributed by atoms with Crippen LogP contribution in [0.3, 0.4) is 0 Å². The number of pyridine rings is 1. The lowest BCUT2D eigenvalue weighted by Crippen LogP contribution is -2.21. The van der Waals surface area contributed by atoms with E-state index in [1.165, 1.54) is 7.11 Å². The van der Waals surface area contributed by atoms with Gasteiger partial charge < -0.3 is 14.6 Å². The van der Waals surface area contributed by atoms with Gasteiger partial charge in [0.05, 0.1) is 48.1 Å². The fraction of sp³-hybridized carbons (Fsp3) is 0.316. The summed E-state index contributed by atoms with van der Waals surface area (Å²) in [6.07, 6.45) is 6.75. The molecule has 0 amide bonds. The van der Waals surface area contributed by atoms with Gasteiger partial charge in [-0.05, 0) is 0 Å². The predicted octanol–water partition coefficient (Wildman–Crippen LogP) is 2.16. The second-order valence-corrected chi connectivity index (χ2v) is 6.88. The van der Waals surface area contributed by atoms with Crippen molar-refractivity contribution in [2.75, 3.05) is 19.0 Å². The Bertz CT molecular complexity index is 1190. The molecule has 156 valence electrons. The molecular weight excluding hydrogens is 394 g/mol. The van der Waals surface area contributed by atoms with Crippen LogP contribution >= 0.6 is 0 Å². The molecule has 0 saturated heterocycles. The molecule has 0 spiro atoms. The Morgan fingerprint density at radius 1 is 1.17 bits per heavy atom. The van der Waals surface area contributed by atoms with Crippen LogP contribution in [0.4, 0.5) is 14.7 Å². The molecule has 4 aromatic heterocycles. The largest absolute Gasteiger partial charge is 0.382 e. The molecule has 1 N–H and O–H groups in total. The maximum absolute atomic E-state index is 14.3. The van der Waals surface area contributed by atoms with Gasteiger partial charge in [0.15, 0.2) is 5.65 Å². The van der Waals surface area contributed by atoms with Gasteiger partial charge in [0.1, 0.15) is 17.3 Å². The second-order valence-electron chi connectivity index (χ2n) is 6.88. The number of halogens is 2. The molecule has 0 bridgehead atoms. The summed E-state index contributed by atoms with van der Waals surface area (Å²) in [6, 6.07) is 0.0635. The van der Waals surface area contributed by atoms with E-state index in [0.717, 1.165) is 29.0 Å². The van der Waals surface area contributed by atoms with Gasteiger partial charge in [-0.1, -0.05) is 0 Å². The summed E-state index contributed by atoms with van der Waals surface area (Å²) in [7, 11) is 5.15. The molecule has 4 aromatic rings. The van der Waals surface area contributed by atoms with Crippen molar-refractivity contribution >= 4 is 17.0 Å². The monoisotopic (exact) mass is 414 g/mol. The van der Waals surface area contributed by atoms with Gasteiger partial charge in [0, 0.05) is 39.9 Å². The average molecular weight is 414 g/mol. The zero-order chi connectivity index (χ0) is 21.3. The quantitative estimate of drug-likeness (QED) is 0.495. The highest BCUT2D eigenvalue weighted by atomic mass is 19.1. The van der Waals surface area contributed by atoms with Crippen molar-refractivity contribution in [3.8, 4) is 0 Å². The highest BCUT2D eigenvalue weighted by Gasteiger charge is 2.21. The Morgan fingerprint density at radius 3 is 2.70 bits per heavy atom. The van der Waals surface area contributed by atoms with Crippen LogP contribution in [0.5, 0.6) is 0 Å². The van der Waals surface area contributed by atoms with E-state index in [1.54, 1.807) is 24.3 Å². The summed E-state index contributed by atoms with van der Waals surface area (Å²) < 4.78 is 36.3. The Morgan fingerprint density at radius 2 is 2.00 bits per heavy atom. The molecule has 0 radical (unpaired) electrons. The summed E-state index contributed by atoms with van der Waals surface area (Å²) in [4.78, 5) is 17.3. The Balaban J connectivity index is 1.72. The van der Waals surface area contributed by atoms with Gasteiger partial charge in [-0.25, -0.2) is 18.7 Å². The van der Waals surface area contributed by atoms with E-state index >= 15 is 0 Å². The molecule has 0 aliphatic heterocycles. The number of fused-ring (bicyclic) bond motifs is 1. The minimum Gasteiger partial charge on any atom is -0.382 e. The molecule has 0 fully saturated rings. The van der Waals surface area contributed by atoms with Crippen LogP contribution in [0, 0.1) is 11.6 Å². The van der Waals surface area contributed by atoms with Gasteiger partial charge >= 0.3 is 0 Å². The number of nitrogens with one attached hydrogen (secondary N) is 1. The number of hydrogen-bond acceptors (Lipinski definition) is 7. The summed E-state index contributed by atoms with van der Waals surface area (Å²) in [5, 5.41) is 8.12. The number of anilines is 1. The number of aromatic nitrogens is 7. The molecule has 0 saturated carbocycles. The summed E-state index contributed by atoms with van der Waals surface area (Å²) in [6.45, 7) is 0.0813. The number of nitrogens with zero attached hydrogens (tertiary/aromatic N) is 7. The first-order chi connectivity index (χ1) is 14.4. The molecule has 0 aromatic carbocycles. The first-order valence-corrected chi connectivity index (χ1v) is 9.16. The highest BCUT2D eigenvalue weighted by molar-refractivity contribution is 5.78. The number of ether oxygens (including phenoxy) is 1. The smallest absolute Gasteiger partial charge is 0.225 e. The maximum Gasteiger partial charge on any atom is 0.225 e. The van der Waals surface area contributed by atoms with Crippen molar-refractivity contribution < 1.29 is 13.5 Å². The molecule has 1 atom stereocenters. The van der Waals surface area contributed by atoms with Crippen molar-refractivity contribution in [3.05, 3.63) is 59.7 Å². The summed E-state index contributed by atoms with van der Waals surface area (Å²) in [5.41, 5.74) is 2.19. The maximum atomic E-state index is 14.3. The zero-order valence-corrected chi connectivity index (χ0v) is 16.7. The number of methoxy groups -OCH3 is 1. The lowest BCUT2D eigenvalue weighted by atomic mass is 10.2. The molecule has 11 heteroatoms. The van der Waals surface area contributed by atoms with Gasteiger partial charge in [-0.2, -0.15) is 10.1 Å². The molecule has 0 aliphatic carbocycles. The lowest BCUT2D eigenvalue weighted by Gasteiger charge is -2.18. The molecule has 4 rings (SSSR count). The van der Waals surface area contributed by atoms with E-state index in [9.17, 15) is 8.78 Å². The fourth-order valence-electron chi connectivity index (χ4n) is 3.20. The van der Waals surface area contributed by atoms with Gasteiger partial charge in [-0.15, -0.1) is 0 Å². The third kappa shape index (κ3) is 3.96. The van der Waals surface area contributed by atoms with Crippen molar-refractivity contribution in [3.63, 3.8) is 0 Å². The number of imidazole rings is 1. The Hall–Kier alpha value is -3.47. The Labute approximate surface area is 170 Å². The van der Waals surface area contributed by atoms with E-state index in [2.05, 4.69) is 30.4 Å². The van der Waals surface area contributed by atoms with Crippen LogP contribution in [0.2, 0.25) is 0 Å². The van der Waals surface area contributed by atoms with Crippen molar-refractivity contribution in [1.29, 1.82) is 0 Å². The van der Waals surface area contributed by atoms with Gasteiger partial charge in [0.2, 0.25) is 5.95 Å². The molecule has 9 nitrogen and oxygen atoms in total. The second kappa shape index (κ2) is 8.11. The normalized spacial score (nSPS) is 12.4. The van der Waals surface area contributed by atoms with E-state index < -0.39 is 17.7 Å². The summed E-state index contributed by atoms with van der Waals surface area (Å²) >= 11 is 0. The van der Waals surface area contributed by atoms with Crippen molar-refractivity contribution in [2.24, 2.45) is 14.1 Å². The standard InChI is InChI=1S/C19H20F2N8O/c1-28-8-12(23-10-28)5-15-13-7-24-29(2)18(13)27-19(25-15)26-16(9-30-3)17-14(21)4-11(20)6-22-17/h4,6-8,10,16H,5,9H2,1-3H3,(H,25,26,27). The average Bonchev–Trinajstić information content (AvgIpc) is 3.27. The lowest BCUT2D eigenvalue weighted by molar-refractivity contribution is 0.183. The predicted molar refractivity (Wildman–Crippen MR) is 105 cm³/mol. The molecule has 1 unspecified atom stereocenters. The van der Waals surface area contributed by atoms with E-state index in [4.69, 9.17) is 4.74 Å². The van der Waals surface area contributed by atoms with Gasteiger partial charge in [0.25, 0.3) is 0 Å². The van der Waals surface area contributed by atoms with Crippen LogP contribution in [0.25, 0.3) is 11.0 Å². The molecule has 4 heterocycles. The van der Waals surface area contributed by atoms with Crippen molar-refractivity contribution in [1.82, 2.24) is 34.3 Å². The van der Waals surface area contributed by atoms with E-state index in [-0.39, 0.29) is 18.2 Å². The SMILES string of the molecule is COCC(Nc1nc(Cc2cn(C)cn2)c2cnn(C)c2n1)c1ncc(F)cc1F. The third-order valence-electron chi connectivity index (χ3n) is 4.58. The first-order valence-electron chi connectivity index (χ1n) is 9.16. The van der Waals surface area contributed by atoms with Crippen LogP contribution in [-0.2, 0) is 25.3 Å². The topological polar surface area (TPSA) is 95.6 Å². The number of rotatable bonds is 7. The highest BCUT2D eigenvalue weighted by Crippen LogP contribution is 2.23. The van der Waals surface area contributed by atoms with Crippen LogP contribution < -0.4 is 5.32 Å². The Kier molecular flexibility index (Phi) is 5.36.